The lowest BCUT2D eigenvalue weighted by molar-refractivity contribution is 0.626. The molecule has 4 nitrogen and oxygen atoms in total. The summed E-state index contributed by atoms with van der Waals surface area (Å²) in [6, 6.07) is 53.9. The molecule has 0 N–H and O–H groups in total. The number of hydrogen-bond donors (Lipinski definition) is 0. The molecule has 0 fully saturated rings. The first kappa shape index (κ1) is 29.5. The van der Waals surface area contributed by atoms with E-state index in [0.717, 1.165) is 57.0 Å². The molecule has 9 rings (SSSR count). The van der Waals surface area contributed by atoms with Gasteiger partial charge in [0.2, 0.25) is 0 Å². The second kappa shape index (κ2) is 11.8. The van der Waals surface area contributed by atoms with E-state index < -0.39 is 0 Å². The highest BCUT2D eigenvalue weighted by Crippen LogP contribution is 2.48. The van der Waals surface area contributed by atoms with E-state index in [1.807, 2.05) is 12.1 Å². The van der Waals surface area contributed by atoms with Crippen LogP contribution in [-0.4, -0.2) is 4.57 Å². The Balaban J connectivity index is 1.28. The summed E-state index contributed by atoms with van der Waals surface area (Å²) >= 11 is 0. The van der Waals surface area contributed by atoms with Crippen molar-refractivity contribution in [2.24, 2.45) is 11.8 Å². The molecule has 0 saturated heterocycles. The minimum Gasteiger partial charge on any atom is -0.310 e. The average molecular weight is 641 g/mol. The summed E-state index contributed by atoms with van der Waals surface area (Å²) in [6.07, 6.45) is 5.12. The van der Waals surface area contributed by atoms with Crippen molar-refractivity contribution in [1.82, 2.24) is 4.57 Å². The molecular weight excluding hydrogens is 609 g/mol. The molecule has 1 aromatic heterocycles. The Morgan fingerprint density at radius 1 is 0.640 bits per heavy atom. The van der Waals surface area contributed by atoms with Crippen molar-refractivity contribution in [3.8, 4) is 29.0 Å². The summed E-state index contributed by atoms with van der Waals surface area (Å²) in [5.74, 6) is -0.367. The molecule has 0 saturated carbocycles. The molecule has 1 aliphatic heterocycles. The highest BCUT2D eigenvalue weighted by Gasteiger charge is 2.34. The predicted molar refractivity (Wildman–Crippen MR) is 203 cm³/mol. The van der Waals surface area contributed by atoms with Crippen LogP contribution >= 0.6 is 0 Å². The number of hydrogen-bond acceptors (Lipinski definition) is 3. The zero-order chi connectivity index (χ0) is 33.8. The van der Waals surface area contributed by atoms with Gasteiger partial charge >= 0.3 is 0 Å². The van der Waals surface area contributed by atoms with Gasteiger partial charge in [0.05, 0.1) is 46.0 Å². The summed E-state index contributed by atoms with van der Waals surface area (Å²) in [5, 5.41) is 23.2. The summed E-state index contributed by atoms with van der Waals surface area (Å²) < 4.78 is 2.35. The number of allylic oxidation sites excluding steroid dienone is 3. The maximum absolute atomic E-state index is 10.8. The third-order valence-corrected chi connectivity index (χ3v) is 10.3. The van der Waals surface area contributed by atoms with Crippen molar-refractivity contribution >= 4 is 38.8 Å². The summed E-state index contributed by atoms with van der Waals surface area (Å²) in [6.45, 7) is 2.12. The number of para-hydroxylation sites is 3. The number of nitriles is 2. The van der Waals surface area contributed by atoms with Crippen LogP contribution in [0.3, 0.4) is 0 Å². The number of benzene rings is 6. The van der Waals surface area contributed by atoms with Crippen LogP contribution in [-0.2, 0) is 6.42 Å². The van der Waals surface area contributed by atoms with Crippen LogP contribution in [0.5, 0.6) is 0 Å². The normalized spacial score (nSPS) is 16.6. The maximum Gasteiger partial charge on any atom is 0.0992 e. The van der Waals surface area contributed by atoms with Crippen LogP contribution in [0.4, 0.5) is 11.4 Å². The lowest BCUT2D eigenvalue weighted by Gasteiger charge is -2.38. The van der Waals surface area contributed by atoms with Gasteiger partial charge in [-0.3, -0.25) is 0 Å². The lowest BCUT2D eigenvalue weighted by atomic mass is 9.77. The van der Waals surface area contributed by atoms with Gasteiger partial charge < -0.3 is 9.47 Å². The molecule has 2 heterocycles. The van der Waals surface area contributed by atoms with Gasteiger partial charge in [-0.2, -0.15) is 10.5 Å². The molecule has 0 spiro atoms. The van der Waals surface area contributed by atoms with E-state index in [1.54, 1.807) is 0 Å². The smallest absolute Gasteiger partial charge is 0.0992 e. The minimum absolute atomic E-state index is 0.0145. The molecule has 0 bridgehead atoms. The fraction of sp³-hybridized carbons (Fsp3) is 0.0870. The molecule has 50 heavy (non-hydrogen) atoms. The number of aromatic nitrogens is 1. The van der Waals surface area contributed by atoms with Gasteiger partial charge in [0.25, 0.3) is 0 Å². The molecule has 7 aromatic rings. The Kier molecular flexibility index (Phi) is 6.97. The van der Waals surface area contributed by atoms with Gasteiger partial charge in [-0.1, -0.05) is 110 Å². The maximum atomic E-state index is 10.8. The van der Waals surface area contributed by atoms with Gasteiger partial charge in [0.1, 0.15) is 0 Å². The zero-order valence-corrected chi connectivity index (χ0v) is 27.6. The zero-order valence-electron chi connectivity index (χ0n) is 27.6. The molecule has 0 amide bonds. The fourth-order valence-corrected chi connectivity index (χ4v) is 8.00. The lowest BCUT2D eigenvalue weighted by Crippen LogP contribution is -2.27. The first-order valence-corrected chi connectivity index (χ1v) is 17.1. The van der Waals surface area contributed by atoms with E-state index in [0.29, 0.717) is 5.56 Å². The van der Waals surface area contributed by atoms with Crippen molar-refractivity contribution in [1.29, 1.82) is 10.5 Å². The first-order valence-electron chi connectivity index (χ1n) is 17.1. The molecule has 1 aliphatic carbocycles. The quantitative estimate of drug-likeness (QED) is 0.192. The van der Waals surface area contributed by atoms with E-state index in [2.05, 4.69) is 168 Å². The Morgan fingerprint density at radius 2 is 1.32 bits per heavy atom. The van der Waals surface area contributed by atoms with Gasteiger partial charge in [0, 0.05) is 34.1 Å². The summed E-state index contributed by atoms with van der Waals surface area (Å²) in [5.41, 5.74) is 13.6. The van der Waals surface area contributed by atoms with Crippen LogP contribution in [0.1, 0.15) is 29.2 Å². The Labute approximate surface area is 291 Å². The molecule has 4 heteroatoms. The molecule has 6 aromatic carbocycles. The first-order chi connectivity index (χ1) is 24.6. The van der Waals surface area contributed by atoms with Crippen molar-refractivity contribution < 1.29 is 0 Å². The molecule has 0 radical (unpaired) electrons. The number of rotatable bonds is 4. The van der Waals surface area contributed by atoms with E-state index in [4.69, 9.17) is 0 Å². The Morgan fingerprint density at radius 3 is 2.08 bits per heavy atom. The van der Waals surface area contributed by atoms with Crippen molar-refractivity contribution in [2.45, 2.75) is 13.3 Å². The Bertz CT molecular complexity index is 2590. The fourth-order valence-electron chi connectivity index (χ4n) is 8.00. The molecule has 2 aliphatic rings. The van der Waals surface area contributed by atoms with Crippen LogP contribution in [0.15, 0.2) is 157 Å². The monoisotopic (exact) mass is 640 g/mol. The minimum atomic E-state index is -0.381. The highest BCUT2D eigenvalue weighted by atomic mass is 15.2. The predicted octanol–water partition coefficient (Wildman–Crippen LogP) is 11.1. The third-order valence-electron chi connectivity index (χ3n) is 10.3. The van der Waals surface area contributed by atoms with E-state index in [-0.39, 0.29) is 11.8 Å². The number of anilines is 2. The number of nitrogens with zero attached hydrogens (tertiary/aromatic N) is 4. The highest BCUT2D eigenvalue weighted by molar-refractivity contribution is 6.09. The average Bonchev–Trinajstić information content (AvgIpc) is 3.51. The SMILES string of the molecule is CC1C=CC(N2c3ccccc3Cc3ccc(C#N)cc32)=C(c2ccccc2-c2cccc(-n3c4ccccc4c4ccccc43)c2)C1C#N. The van der Waals surface area contributed by atoms with Crippen molar-refractivity contribution in [3.05, 3.63) is 180 Å². The van der Waals surface area contributed by atoms with Crippen LogP contribution in [0, 0.1) is 34.5 Å². The van der Waals surface area contributed by atoms with Gasteiger partial charge in [-0.15, -0.1) is 0 Å². The van der Waals surface area contributed by atoms with Crippen molar-refractivity contribution in [3.63, 3.8) is 0 Å². The van der Waals surface area contributed by atoms with E-state index in [9.17, 15) is 10.5 Å². The molecule has 2 unspecified atom stereocenters. The van der Waals surface area contributed by atoms with E-state index in [1.165, 1.54) is 27.4 Å². The van der Waals surface area contributed by atoms with Gasteiger partial charge in [-0.05, 0) is 82.3 Å². The van der Waals surface area contributed by atoms with Crippen LogP contribution in [0.2, 0.25) is 0 Å². The second-order valence-electron chi connectivity index (χ2n) is 13.2. The third kappa shape index (κ3) is 4.58. The largest absolute Gasteiger partial charge is 0.310 e. The summed E-state index contributed by atoms with van der Waals surface area (Å²) in [4.78, 5) is 2.28. The number of fused-ring (bicyclic) bond motifs is 5. The second-order valence-corrected chi connectivity index (χ2v) is 13.2. The summed E-state index contributed by atoms with van der Waals surface area (Å²) in [7, 11) is 0. The standard InChI is InChI=1S/C46H32N4/c1-30-21-24-44(50-41-18-7-2-11-33(41)26-34-23-22-31(28-47)25-45(34)50)46(40(30)29-48)39-17-4-3-14-36(39)32-12-10-13-35(27-32)49-42-19-8-5-15-37(42)38-16-6-9-20-43(38)49/h2-25,27,30,40H,26H2,1H3. The van der Waals surface area contributed by atoms with Gasteiger partial charge in [-0.25, -0.2) is 0 Å². The molecular formula is C46H32N4. The molecule has 2 atom stereocenters. The van der Waals surface area contributed by atoms with Crippen LogP contribution < -0.4 is 4.90 Å². The molecule has 236 valence electrons. The van der Waals surface area contributed by atoms with Crippen LogP contribution in [0.25, 0.3) is 44.2 Å². The van der Waals surface area contributed by atoms with E-state index >= 15 is 0 Å². The Hall–Kier alpha value is -6.62. The van der Waals surface area contributed by atoms with Crippen molar-refractivity contribution in [2.75, 3.05) is 4.90 Å². The topological polar surface area (TPSA) is 55.8 Å². The van der Waals surface area contributed by atoms with Gasteiger partial charge in [0.15, 0.2) is 0 Å².